The van der Waals surface area contributed by atoms with Gasteiger partial charge in [0.25, 0.3) is 0 Å². The Morgan fingerprint density at radius 1 is 1.29 bits per heavy atom. The van der Waals surface area contributed by atoms with Crippen molar-refractivity contribution in [2.45, 2.75) is 13.3 Å². The lowest BCUT2D eigenvalue weighted by molar-refractivity contribution is -0.131. The molecule has 1 rings (SSSR count). The number of allylic oxidation sites excluding steroid dienone is 1. The molecule has 0 amide bonds. The first-order valence-electron chi connectivity index (χ1n) is 5.21. The average Bonchev–Trinajstić information content (AvgIpc) is 2.34. The van der Waals surface area contributed by atoms with Crippen molar-refractivity contribution in [2.24, 2.45) is 0 Å². The Kier molecular flexibility index (Phi) is 4.46. The molecule has 1 N–H and O–H groups in total. The second-order valence-electron chi connectivity index (χ2n) is 3.40. The number of esters is 1. The first-order chi connectivity index (χ1) is 8.10. The lowest BCUT2D eigenvalue weighted by Crippen LogP contribution is -2.05. The van der Waals surface area contributed by atoms with Crippen molar-refractivity contribution in [3.63, 3.8) is 0 Å². The molecule has 0 aliphatic carbocycles. The van der Waals surface area contributed by atoms with Gasteiger partial charge in [-0.1, -0.05) is 25.1 Å². The van der Waals surface area contributed by atoms with Gasteiger partial charge in [0.05, 0.1) is 12.7 Å². The normalized spacial score (nSPS) is 11.1. The molecule has 0 aliphatic heterocycles. The van der Waals surface area contributed by atoms with E-state index in [4.69, 9.17) is 5.11 Å². The number of methoxy groups -OCH3 is 1. The van der Waals surface area contributed by atoms with E-state index in [2.05, 4.69) is 4.74 Å². The van der Waals surface area contributed by atoms with E-state index in [0.29, 0.717) is 23.1 Å². The van der Waals surface area contributed by atoms with Crippen LogP contribution < -0.4 is 0 Å². The molecular formula is C13H14O4. The molecule has 0 saturated carbocycles. The van der Waals surface area contributed by atoms with Crippen LogP contribution in [0.25, 0.3) is 5.57 Å². The number of benzene rings is 1. The molecule has 0 unspecified atom stereocenters. The second kappa shape index (κ2) is 5.84. The topological polar surface area (TPSA) is 63.6 Å². The van der Waals surface area contributed by atoms with Gasteiger partial charge >= 0.3 is 11.9 Å². The maximum absolute atomic E-state index is 11.5. The number of aliphatic carboxylic acids is 1. The summed E-state index contributed by atoms with van der Waals surface area (Å²) in [6.07, 6.45) is 1.64. The van der Waals surface area contributed by atoms with E-state index in [1.54, 1.807) is 24.3 Å². The van der Waals surface area contributed by atoms with Crippen LogP contribution in [0.15, 0.2) is 30.3 Å². The van der Waals surface area contributed by atoms with E-state index in [1.807, 2.05) is 6.92 Å². The minimum absolute atomic E-state index is 0.379. The van der Waals surface area contributed by atoms with Gasteiger partial charge in [-0.05, 0) is 23.6 Å². The molecule has 0 radical (unpaired) electrons. The van der Waals surface area contributed by atoms with Crippen LogP contribution in [-0.2, 0) is 9.53 Å². The SMILES string of the molecule is CC/C(=C\C(=O)O)c1ccccc1C(=O)OC. The van der Waals surface area contributed by atoms with E-state index in [-0.39, 0.29) is 0 Å². The van der Waals surface area contributed by atoms with Gasteiger partial charge < -0.3 is 9.84 Å². The standard InChI is InChI=1S/C13H14O4/c1-3-9(8-12(14)15)10-6-4-5-7-11(10)13(16)17-2/h4-8H,3H2,1-2H3,(H,14,15)/b9-8+. The Labute approximate surface area is 99.5 Å². The van der Waals surface area contributed by atoms with Crippen LogP contribution >= 0.6 is 0 Å². The predicted octanol–water partition coefficient (Wildman–Crippen LogP) is 2.35. The maximum Gasteiger partial charge on any atom is 0.338 e. The molecule has 0 aromatic heterocycles. The smallest absolute Gasteiger partial charge is 0.338 e. The van der Waals surface area contributed by atoms with Crippen molar-refractivity contribution in [3.8, 4) is 0 Å². The largest absolute Gasteiger partial charge is 0.478 e. The third-order valence-electron chi connectivity index (χ3n) is 2.36. The van der Waals surface area contributed by atoms with Crippen molar-refractivity contribution in [1.29, 1.82) is 0 Å². The Bertz CT molecular complexity index is 460. The van der Waals surface area contributed by atoms with Gasteiger partial charge in [0, 0.05) is 6.08 Å². The molecule has 0 aliphatic rings. The fourth-order valence-corrected chi connectivity index (χ4v) is 1.57. The molecule has 90 valence electrons. The molecule has 4 nitrogen and oxygen atoms in total. The summed E-state index contributed by atoms with van der Waals surface area (Å²) in [5.41, 5.74) is 1.58. The zero-order chi connectivity index (χ0) is 12.8. The number of carbonyl (C=O) groups is 2. The molecule has 0 spiro atoms. The highest BCUT2D eigenvalue weighted by molar-refractivity contribution is 5.98. The number of hydrogen-bond acceptors (Lipinski definition) is 3. The highest BCUT2D eigenvalue weighted by Gasteiger charge is 2.13. The maximum atomic E-state index is 11.5. The number of rotatable bonds is 4. The number of ether oxygens (including phenoxy) is 1. The number of carbonyl (C=O) groups excluding carboxylic acids is 1. The third-order valence-corrected chi connectivity index (χ3v) is 2.36. The van der Waals surface area contributed by atoms with E-state index >= 15 is 0 Å². The van der Waals surface area contributed by atoms with Crippen molar-refractivity contribution in [3.05, 3.63) is 41.5 Å². The quantitative estimate of drug-likeness (QED) is 0.641. The summed E-state index contributed by atoms with van der Waals surface area (Å²) in [6, 6.07) is 6.80. The fourth-order valence-electron chi connectivity index (χ4n) is 1.57. The summed E-state index contributed by atoms with van der Waals surface area (Å²) in [4.78, 5) is 22.2. The number of hydrogen-bond donors (Lipinski definition) is 1. The zero-order valence-corrected chi connectivity index (χ0v) is 9.77. The molecule has 0 atom stereocenters. The van der Waals surface area contributed by atoms with Crippen LogP contribution in [0.2, 0.25) is 0 Å². The van der Waals surface area contributed by atoms with Crippen molar-refractivity contribution in [2.75, 3.05) is 7.11 Å². The molecule has 0 saturated heterocycles. The van der Waals surface area contributed by atoms with Crippen LogP contribution in [-0.4, -0.2) is 24.2 Å². The van der Waals surface area contributed by atoms with Crippen molar-refractivity contribution >= 4 is 17.5 Å². The summed E-state index contributed by atoms with van der Waals surface area (Å²) in [7, 11) is 1.30. The van der Waals surface area contributed by atoms with Gasteiger partial charge in [0.1, 0.15) is 0 Å². The molecular weight excluding hydrogens is 220 g/mol. The van der Waals surface area contributed by atoms with Gasteiger partial charge in [-0.25, -0.2) is 9.59 Å². The van der Waals surface area contributed by atoms with Crippen LogP contribution in [0.3, 0.4) is 0 Å². The summed E-state index contributed by atoms with van der Waals surface area (Å²) < 4.78 is 4.66. The zero-order valence-electron chi connectivity index (χ0n) is 9.77. The average molecular weight is 234 g/mol. The van der Waals surface area contributed by atoms with Gasteiger partial charge in [-0.2, -0.15) is 0 Å². The molecule has 1 aromatic carbocycles. The molecule has 17 heavy (non-hydrogen) atoms. The lowest BCUT2D eigenvalue weighted by Gasteiger charge is -2.09. The van der Waals surface area contributed by atoms with Crippen LogP contribution in [0.5, 0.6) is 0 Å². The van der Waals surface area contributed by atoms with Gasteiger partial charge in [-0.15, -0.1) is 0 Å². The summed E-state index contributed by atoms with van der Waals surface area (Å²) in [6.45, 7) is 1.84. The first-order valence-corrected chi connectivity index (χ1v) is 5.21. The molecule has 0 fully saturated rings. The fraction of sp³-hybridized carbons (Fsp3) is 0.231. The summed E-state index contributed by atoms with van der Waals surface area (Å²) >= 11 is 0. The monoisotopic (exact) mass is 234 g/mol. The minimum atomic E-state index is -1.03. The van der Waals surface area contributed by atoms with E-state index in [1.165, 1.54) is 7.11 Å². The number of carboxylic acid groups (broad SMARTS) is 1. The van der Waals surface area contributed by atoms with Crippen LogP contribution in [0.4, 0.5) is 0 Å². The molecule has 1 aromatic rings. The minimum Gasteiger partial charge on any atom is -0.478 e. The summed E-state index contributed by atoms with van der Waals surface area (Å²) in [5.74, 6) is -1.49. The lowest BCUT2D eigenvalue weighted by atomic mass is 9.97. The first kappa shape index (κ1) is 13.0. The Morgan fingerprint density at radius 2 is 1.88 bits per heavy atom. The third kappa shape index (κ3) is 3.17. The highest BCUT2D eigenvalue weighted by Crippen LogP contribution is 2.22. The van der Waals surface area contributed by atoms with E-state index in [9.17, 15) is 9.59 Å². The van der Waals surface area contributed by atoms with E-state index < -0.39 is 11.9 Å². The number of carboxylic acids is 1. The van der Waals surface area contributed by atoms with Crippen molar-refractivity contribution in [1.82, 2.24) is 0 Å². The second-order valence-corrected chi connectivity index (χ2v) is 3.40. The Balaban J connectivity index is 3.29. The van der Waals surface area contributed by atoms with Crippen LogP contribution in [0, 0.1) is 0 Å². The van der Waals surface area contributed by atoms with Gasteiger partial charge in [0.15, 0.2) is 0 Å². The van der Waals surface area contributed by atoms with Gasteiger partial charge in [0.2, 0.25) is 0 Å². The predicted molar refractivity (Wildman–Crippen MR) is 63.7 cm³/mol. The van der Waals surface area contributed by atoms with Crippen molar-refractivity contribution < 1.29 is 19.4 Å². The molecule has 4 heteroatoms. The molecule has 0 bridgehead atoms. The Hall–Kier alpha value is -2.10. The molecule has 0 heterocycles. The summed E-state index contributed by atoms with van der Waals surface area (Å²) in [5, 5.41) is 8.77. The Morgan fingerprint density at radius 3 is 2.35 bits per heavy atom. The van der Waals surface area contributed by atoms with Gasteiger partial charge in [-0.3, -0.25) is 0 Å². The van der Waals surface area contributed by atoms with Crippen LogP contribution in [0.1, 0.15) is 29.3 Å². The highest BCUT2D eigenvalue weighted by atomic mass is 16.5. The van der Waals surface area contributed by atoms with E-state index in [0.717, 1.165) is 6.08 Å².